The van der Waals surface area contributed by atoms with Crippen molar-refractivity contribution in [1.29, 1.82) is 0 Å². The number of nitrogens with one attached hydrogen (secondary N) is 1. The maximum Gasteiger partial charge on any atom is 0.220 e. The van der Waals surface area contributed by atoms with Crippen LogP contribution in [0, 0.1) is 0 Å². The smallest absolute Gasteiger partial charge is 0.220 e. The molecule has 0 heterocycles. The van der Waals surface area contributed by atoms with E-state index in [1.54, 1.807) is 14.2 Å². The summed E-state index contributed by atoms with van der Waals surface area (Å²) in [6.45, 7) is 0.391. The van der Waals surface area contributed by atoms with Gasteiger partial charge in [0.25, 0.3) is 0 Å². The van der Waals surface area contributed by atoms with E-state index in [-0.39, 0.29) is 12.0 Å². The maximum atomic E-state index is 12.1. The van der Waals surface area contributed by atoms with Crippen LogP contribution in [0.2, 0.25) is 5.02 Å². The Hall–Kier alpha value is -2.04. The van der Waals surface area contributed by atoms with Gasteiger partial charge in [0, 0.05) is 30.7 Å². The van der Waals surface area contributed by atoms with Gasteiger partial charge in [-0.25, -0.2) is 0 Å². The van der Waals surface area contributed by atoms with E-state index in [4.69, 9.17) is 21.1 Å². The Labute approximate surface area is 147 Å². The standard InChI is InChI=1S/C19H22ClNO3/c1-23-15-10-7-14(8-11-15)9-12-19(22)21-13-18(24-2)16-5-3-4-6-17(16)20/h3-8,10-11,18H,9,12-13H2,1-2H3,(H,21,22)/t18-/m0/s1. The molecule has 128 valence electrons. The minimum atomic E-state index is -0.261. The van der Waals surface area contributed by atoms with Gasteiger partial charge in [0.2, 0.25) is 5.91 Å². The van der Waals surface area contributed by atoms with Crippen molar-refractivity contribution < 1.29 is 14.3 Å². The molecule has 2 aromatic rings. The molecule has 0 aliphatic rings. The van der Waals surface area contributed by atoms with Gasteiger partial charge in [-0.15, -0.1) is 0 Å². The second-order valence-electron chi connectivity index (χ2n) is 5.40. The summed E-state index contributed by atoms with van der Waals surface area (Å²) in [5.74, 6) is 0.797. The van der Waals surface area contributed by atoms with Gasteiger partial charge in [0.05, 0.1) is 7.11 Å². The maximum absolute atomic E-state index is 12.1. The SMILES string of the molecule is COc1ccc(CCC(=O)NC[C@H](OC)c2ccccc2Cl)cc1. The van der Waals surface area contributed by atoms with Crippen LogP contribution in [-0.4, -0.2) is 26.7 Å². The van der Waals surface area contributed by atoms with Gasteiger partial charge >= 0.3 is 0 Å². The highest BCUT2D eigenvalue weighted by molar-refractivity contribution is 6.31. The van der Waals surface area contributed by atoms with Crippen LogP contribution < -0.4 is 10.1 Å². The molecule has 0 aliphatic carbocycles. The Kier molecular flexibility index (Phi) is 7.09. The molecular weight excluding hydrogens is 326 g/mol. The van der Waals surface area contributed by atoms with Crippen LogP contribution in [0.5, 0.6) is 5.75 Å². The number of carbonyl (C=O) groups excluding carboxylic acids is 1. The second kappa shape index (κ2) is 9.30. The Balaban J connectivity index is 1.82. The first-order valence-electron chi connectivity index (χ1n) is 7.81. The summed E-state index contributed by atoms with van der Waals surface area (Å²) in [6, 6.07) is 15.2. The predicted molar refractivity (Wildman–Crippen MR) is 95.5 cm³/mol. The van der Waals surface area contributed by atoms with Gasteiger partial charge in [-0.1, -0.05) is 41.9 Å². The average molecular weight is 348 g/mol. The first kappa shape index (κ1) is 18.3. The fourth-order valence-electron chi connectivity index (χ4n) is 2.40. The van der Waals surface area contributed by atoms with Crippen LogP contribution in [0.1, 0.15) is 23.7 Å². The van der Waals surface area contributed by atoms with Gasteiger partial charge in [-0.2, -0.15) is 0 Å². The van der Waals surface area contributed by atoms with E-state index >= 15 is 0 Å². The summed E-state index contributed by atoms with van der Waals surface area (Å²) in [4.78, 5) is 12.1. The monoisotopic (exact) mass is 347 g/mol. The molecule has 0 spiro atoms. The van der Waals surface area contributed by atoms with Gasteiger partial charge < -0.3 is 14.8 Å². The van der Waals surface area contributed by atoms with E-state index in [1.807, 2.05) is 48.5 Å². The highest BCUT2D eigenvalue weighted by Crippen LogP contribution is 2.24. The fourth-order valence-corrected chi connectivity index (χ4v) is 2.66. The van der Waals surface area contributed by atoms with Crippen molar-refractivity contribution in [2.24, 2.45) is 0 Å². The number of benzene rings is 2. The summed E-state index contributed by atoms with van der Waals surface area (Å²) in [6.07, 6.45) is 0.842. The minimum Gasteiger partial charge on any atom is -0.497 e. The Bertz CT molecular complexity index is 658. The molecule has 1 amide bonds. The molecular formula is C19H22ClNO3. The number of hydrogen-bond donors (Lipinski definition) is 1. The molecule has 0 unspecified atom stereocenters. The lowest BCUT2D eigenvalue weighted by atomic mass is 10.1. The van der Waals surface area contributed by atoms with E-state index in [9.17, 15) is 4.79 Å². The summed E-state index contributed by atoms with van der Waals surface area (Å²) in [5.41, 5.74) is 1.97. The molecule has 24 heavy (non-hydrogen) atoms. The van der Waals surface area contributed by atoms with E-state index in [0.717, 1.165) is 16.9 Å². The van der Waals surface area contributed by atoms with Gasteiger partial charge in [-0.3, -0.25) is 4.79 Å². The molecule has 0 fully saturated rings. The molecule has 0 aliphatic heterocycles. The largest absolute Gasteiger partial charge is 0.497 e. The lowest BCUT2D eigenvalue weighted by Gasteiger charge is -2.17. The minimum absolute atomic E-state index is 0.0140. The third-order valence-corrected chi connectivity index (χ3v) is 4.17. The van der Waals surface area contributed by atoms with Crippen LogP contribution in [-0.2, 0) is 16.0 Å². The van der Waals surface area contributed by atoms with Crippen molar-refractivity contribution in [1.82, 2.24) is 5.32 Å². The number of methoxy groups -OCH3 is 2. The molecule has 1 atom stereocenters. The number of carbonyl (C=O) groups is 1. The molecule has 2 aromatic carbocycles. The van der Waals surface area contributed by atoms with Gasteiger partial charge in [-0.05, 0) is 30.2 Å². The van der Waals surface area contributed by atoms with Crippen LogP contribution in [0.3, 0.4) is 0 Å². The zero-order chi connectivity index (χ0) is 17.4. The number of halogens is 1. The first-order valence-corrected chi connectivity index (χ1v) is 8.18. The molecule has 0 saturated carbocycles. The fraction of sp³-hybridized carbons (Fsp3) is 0.316. The summed E-state index contributed by atoms with van der Waals surface area (Å²) < 4.78 is 10.6. The van der Waals surface area contributed by atoms with Crippen LogP contribution in [0.15, 0.2) is 48.5 Å². The second-order valence-corrected chi connectivity index (χ2v) is 5.81. The third kappa shape index (κ3) is 5.25. The highest BCUT2D eigenvalue weighted by atomic mass is 35.5. The lowest BCUT2D eigenvalue weighted by molar-refractivity contribution is -0.121. The molecule has 0 saturated heterocycles. The predicted octanol–water partition coefficient (Wildman–Crippen LogP) is 3.79. The number of ether oxygens (including phenoxy) is 2. The topological polar surface area (TPSA) is 47.6 Å². The van der Waals surface area contributed by atoms with Crippen molar-refractivity contribution >= 4 is 17.5 Å². The lowest BCUT2D eigenvalue weighted by Crippen LogP contribution is -2.29. The van der Waals surface area contributed by atoms with Crippen molar-refractivity contribution in [2.75, 3.05) is 20.8 Å². The normalized spacial score (nSPS) is 11.8. The van der Waals surface area contributed by atoms with Crippen molar-refractivity contribution in [3.63, 3.8) is 0 Å². The highest BCUT2D eigenvalue weighted by Gasteiger charge is 2.14. The van der Waals surface area contributed by atoms with E-state index in [0.29, 0.717) is 24.4 Å². The van der Waals surface area contributed by atoms with Crippen molar-refractivity contribution in [3.05, 3.63) is 64.7 Å². The molecule has 0 bridgehead atoms. The van der Waals surface area contributed by atoms with Crippen LogP contribution in [0.4, 0.5) is 0 Å². The first-order chi connectivity index (χ1) is 11.6. The summed E-state index contributed by atoms with van der Waals surface area (Å²) in [7, 11) is 3.24. The van der Waals surface area contributed by atoms with Crippen LogP contribution in [0.25, 0.3) is 0 Å². The molecule has 0 radical (unpaired) electrons. The molecule has 1 N–H and O–H groups in total. The number of aryl methyl sites for hydroxylation is 1. The summed E-state index contributed by atoms with van der Waals surface area (Å²) in [5, 5.41) is 3.54. The molecule has 5 heteroatoms. The Morgan fingerprint density at radius 1 is 1.12 bits per heavy atom. The van der Waals surface area contributed by atoms with E-state index in [2.05, 4.69) is 5.32 Å². The third-order valence-electron chi connectivity index (χ3n) is 3.82. The van der Waals surface area contributed by atoms with E-state index < -0.39 is 0 Å². The van der Waals surface area contributed by atoms with Crippen LogP contribution >= 0.6 is 11.6 Å². The van der Waals surface area contributed by atoms with Gasteiger partial charge in [0.15, 0.2) is 0 Å². The zero-order valence-electron chi connectivity index (χ0n) is 13.9. The quantitative estimate of drug-likeness (QED) is 0.790. The number of hydrogen-bond acceptors (Lipinski definition) is 3. The molecule has 2 rings (SSSR count). The molecule has 0 aromatic heterocycles. The summed E-state index contributed by atoms with van der Waals surface area (Å²) >= 11 is 6.18. The average Bonchev–Trinajstić information content (AvgIpc) is 2.62. The number of amides is 1. The zero-order valence-corrected chi connectivity index (χ0v) is 14.7. The van der Waals surface area contributed by atoms with Crippen molar-refractivity contribution in [2.45, 2.75) is 18.9 Å². The Morgan fingerprint density at radius 3 is 2.46 bits per heavy atom. The number of rotatable bonds is 8. The molecule has 4 nitrogen and oxygen atoms in total. The van der Waals surface area contributed by atoms with Crippen molar-refractivity contribution in [3.8, 4) is 5.75 Å². The Morgan fingerprint density at radius 2 is 1.83 bits per heavy atom. The van der Waals surface area contributed by atoms with E-state index in [1.165, 1.54) is 0 Å². The van der Waals surface area contributed by atoms with Gasteiger partial charge in [0.1, 0.15) is 11.9 Å².